The molecule has 0 saturated heterocycles. The van der Waals surface area contributed by atoms with Crippen molar-refractivity contribution in [3.05, 3.63) is 84.6 Å². The van der Waals surface area contributed by atoms with E-state index < -0.39 is 0 Å². The van der Waals surface area contributed by atoms with Gasteiger partial charge >= 0.3 is 0 Å². The minimum atomic E-state index is 0. The maximum atomic E-state index is 7.73. The Morgan fingerprint density at radius 3 is 1.29 bits per heavy atom. The summed E-state index contributed by atoms with van der Waals surface area (Å²) in [5, 5.41) is 6.02. The molecule has 0 atom stereocenters. The molecule has 0 aliphatic carbocycles. The smallest absolute Gasteiger partial charge is 0 e. The van der Waals surface area contributed by atoms with E-state index in [0.29, 0.717) is 0 Å². The summed E-state index contributed by atoms with van der Waals surface area (Å²) in [6.45, 7) is 0. The van der Waals surface area contributed by atoms with E-state index in [4.69, 9.17) is 12.8 Å². The zero-order valence-electron chi connectivity index (χ0n) is 12.4. The predicted octanol–water partition coefficient (Wildman–Crippen LogP) is 5.02. The van der Waals surface area contributed by atoms with Crippen molar-refractivity contribution in [1.82, 2.24) is 0 Å². The van der Waals surface area contributed by atoms with Crippen molar-refractivity contribution in [2.24, 2.45) is 0 Å². The fraction of sp³-hybridized carbons (Fsp3) is 0. The van der Waals surface area contributed by atoms with E-state index in [1.165, 1.54) is 0 Å². The molecule has 0 N–H and O–H groups in total. The molecule has 0 aliphatic rings. The average molecular weight is 664 g/mol. The zero-order chi connectivity index (χ0) is 15.1. The molecule has 0 spiro atoms. The molecule has 0 nitrogen and oxygen atoms in total. The van der Waals surface area contributed by atoms with Crippen molar-refractivity contribution in [3.8, 4) is 11.8 Å². The van der Waals surface area contributed by atoms with Crippen LogP contribution in [-0.4, -0.2) is 0 Å². The summed E-state index contributed by atoms with van der Waals surface area (Å²) in [6, 6.07) is 20.1. The molecule has 24 heavy (non-hydrogen) atoms. The number of hydrogen-bond acceptors (Lipinski definition) is 0. The predicted molar refractivity (Wildman–Crippen MR) is 91.4 cm³/mol. The topological polar surface area (TPSA) is 0 Å². The van der Waals surface area contributed by atoms with Gasteiger partial charge in [-0.1, -0.05) is 60.7 Å². The minimum Gasteiger partial charge on any atom is -0.366 e. The van der Waals surface area contributed by atoms with Crippen LogP contribution in [0.2, 0.25) is 0 Å². The summed E-state index contributed by atoms with van der Waals surface area (Å²) in [5.74, 6) is 5.18. The second-order valence-electron chi connectivity index (χ2n) is 5.29. The van der Waals surface area contributed by atoms with Crippen LogP contribution in [0.25, 0.3) is 32.3 Å². The third kappa shape index (κ3) is 2.72. The van der Waals surface area contributed by atoms with Crippen molar-refractivity contribution in [3.63, 3.8) is 0 Å². The summed E-state index contributed by atoms with van der Waals surface area (Å²) in [4.78, 5) is 0. The Morgan fingerprint density at radius 1 is 0.542 bits per heavy atom. The van der Waals surface area contributed by atoms with Crippen LogP contribution in [-0.2, 0) is 42.1 Å². The van der Waals surface area contributed by atoms with Crippen molar-refractivity contribution in [1.29, 1.82) is 0 Å². The summed E-state index contributed by atoms with van der Waals surface area (Å²) in [7, 11) is 0. The molecule has 0 bridgehead atoms. The number of hydrogen-bond donors (Lipinski definition) is 0. The minimum absolute atomic E-state index is 0. The van der Waals surface area contributed by atoms with Gasteiger partial charge < -0.3 is 12.8 Å². The Morgan fingerprint density at radius 2 is 0.917 bits per heavy atom. The van der Waals surface area contributed by atoms with Gasteiger partial charge in [-0.3, -0.25) is 11.8 Å². The number of fused-ring (bicyclic) bond motifs is 3. The molecule has 0 aliphatic heterocycles. The van der Waals surface area contributed by atoms with Crippen LogP contribution in [0.4, 0.5) is 0 Å². The summed E-state index contributed by atoms with van der Waals surface area (Å²) in [6.07, 6.45) is 15.5. The van der Waals surface area contributed by atoms with Crippen LogP contribution in [0.5, 0.6) is 0 Å². The first-order valence-corrected chi connectivity index (χ1v) is 7.06. The van der Waals surface area contributed by atoms with Crippen molar-refractivity contribution >= 4 is 32.3 Å². The van der Waals surface area contributed by atoms with E-state index in [0.717, 1.165) is 43.4 Å². The van der Waals surface area contributed by atoms with Crippen LogP contribution in [0, 0.1) is 24.7 Å². The molecule has 0 fully saturated rings. The Balaban J connectivity index is 0.00000104. The molecule has 2 heteroatoms. The van der Waals surface area contributed by atoms with Gasteiger partial charge in [-0.15, -0.1) is 32.7 Å². The second kappa shape index (κ2) is 7.37. The van der Waals surface area contributed by atoms with Gasteiger partial charge in [0.2, 0.25) is 0 Å². The Labute approximate surface area is 170 Å². The zero-order valence-corrected chi connectivity index (χ0v) is 17.0. The van der Waals surface area contributed by atoms with Gasteiger partial charge in [-0.25, -0.2) is 0 Å². The number of rotatable bonds is 0. The van der Waals surface area contributed by atoms with Crippen LogP contribution >= 0.6 is 0 Å². The molecule has 120 valence electrons. The molecule has 0 aromatic heterocycles. The van der Waals surface area contributed by atoms with Gasteiger partial charge in [0.25, 0.3) is 0 Å². The van der Waals surface area contributed by atoms with E-state index in [9.17, 15) is 0 Å². The van der Waals surface area contributed by atoms with Gasteiger partial charge in [-0.05, 0) is 10.8 Å². The van der Waals surface area contributed by atoms with Gasteiger partial charge in [0.05, 0.1) is 0 Å². The maximum Gasteiger partial charge on any atom is 0 e. The first kappa shape index (κ1) is 18.5. The summed E-state index contributed by atoms with van der Waals surface area (Å²) >= 11 is 0. The van der Waals surface area contributed by atoms with Crippen molar-refractivity contribution in [2.75, 3.05) is 0 Å². The maximum absolute atomic E-state index is 7.73. The third-order valence-corrected chi connectivity index (χ3v) is 4.14. The molecular weight excluding hydrogens is 654 g/mol. The van der Waals surface area contributed by atoms with Crippen molar-refractivity contribution < 1.29 is 42.1 Å². The number of benzene rings is 4. The Hall–Kier alpha value is -1.84. The van der Waals surface area contributed by atoms with Gasteiger partial charge in [0, 0.05) is 42.1 Å². The van der Waals surface area contributed by atoms with Gasteiger partial charge in [0.1, 0.15) is 0 Å². The molecule has 4 aromatic carbocycles. The fourth-order valence-electron chi connectivity index (χ4n) is 3.13. The molecule has 0 unspecified atom stereocenters. The Bertz CT molecular complexity index is 1050. The third-order valence-electron chi connectivity index (χ3n) is 4.14. The molecule has 0 saturated carbocycles. The van der Waals surface area contributed by atoms with Crippen LogP contribution in [0.15, 0.2) is 60.7 Å². The van der Waals surface area contributed by atoms with Crippen LogP contribution in [0.3, 0.4) is 0 Å². The molecule has 4 rings (SSSR count). The van der Waals surface area contributed by atoms with E-state index >= 15 is 0 Å². The monoisotopic (exact) mass is 664 g/mol. The largest absolute Gasteiger partial charge is 0.366 e. The van der Waals surface area contributed by atoms with E-state index in [-0.39, 0.29) is 42.1 Å². The van der Waals surface area contributed by atoms with E-state index in [2.05, 4.69) is 36.1 Å². The standard InChI is InChI=1S/C22H10.2Pt/c1-3-17-19-11-7-8-12-20(19)18(4-2)22-14-16-10-6-5-9-15(16)13-21(17)22;;/h5-14H;;/q-2;;. The normalized spacial score (nSPS) is 9.75. The molecular formula is C22H10Pt2-2. The SMILES string of the molecule is [C-]#Cc1c2ccccc2c(C#[C-])c2cc3ccccc3cc12.[Pt].[Pt]. The van der Waals surface area contributed by atoms with E-state index in [1.807, 2.05) is 36.4 Å². The first-order valence-electron chi connectivity index (χ1n) is 7.06. The second-order valence-corrected chi connectivity index (χ2v) is 5.29. The fourth-order valence-corrected chi connectivity index (χ4v) is 3.13. The summed E-state index contributed by atoms with van der Waals surface area (Å²) < 4.78 is 0. The van der Waals surface area contributed by atoms with Crippen LogP contribution in [0.1, 0.15) is 11.1 Å². The first-order chi connectivity index (χ1) is 10.8. The quantitative estimate of drug-likeness (QED) is 0.141. The molecule has 0 amide bonds. The average Bonchev–Trinajstić information content (AvgIpc) is 2.58. The van der Waals surface area contributed by atoms with Crippen LogP contribution < -0.4 is 0 Å². The summed E-state index contributed by atoms with van der Waals surface area (Å²) in [5.41, 5.74) is 1.55. The molecule has 0 heterocycles. The van der Waals surface area contributed by atoms with Gasteiger partial charge in [0.15, 0.2) is 0 Å². The van der Waals surface area contributed by atoms with E-state index in [1.54, 1.807) is 0 Å². The molecule has 4 aromatic rings. The van der Waals surface area contributed by atoms with Gasteiger partial charge in [-0.2, -0.15) is 0 Å². The van der Waals surface area contributed by atoms with Crippen molar-refractivity contribution in [2.45, 2.75) is 0 Å². The molecule has 0 radical (unpaired) electrons. The Kier molecular flexibility index (Phi) is 5.68.